The van der Waals surface area contributed by atoms with E-state index in [1.54, 1.807) is 4.90 Å². The summed E-state index contributed by atoms with van der Waals surface area (Å²) in [7, 11) is 0. The number of aryl methyl sites for hydroxylation is 1. The number of nitrogens with one attached hydrogen (secondary N) is 1. The van der Waals surface area contributed by atoms with E-state index in [-0.39, 0.29) is 18.4 Å². The second-order valence-corrected chi connectivity index (χ2v) is 4.78. The second-order valence-electron chi connectivity index (χ2n) is 3.99. The molecular weight excluding hydrogens is 284 g/mol. The van der Waals surface area contributed by atoms with Gasteiger partial charge in [0.1, 0.15) is 6.54 Å². The minimum Gasteiger partial charge on any atom is -0.323 e. The minimum atomic E-state index is -0.149. The van der Waals surface area contributed by atoms with E-state index in [1.807, 2.05) is 25.1 Å². The van der Waals surface area contributed by atoms with Crippen molar-refractivity contribution in [2.24, 2.45) is 0 Å². The Hall–Kier alpha value is -1.36. The first-order valence-electron chi connectivity index (χ1n) is 5.38. The summed E-state index contributed by atoms with van der Waals surface area (Å²) in [5.74, 6) is -0.187. The van der Waals surface area contributed by atoms with Crippen molar-refractivity contribution < 1.29 is 9.59 Å². The number of hydrogen-bond acceptors (Lipinski definition) is 2. The van der Waals surface area contributed by atoms with E-state index in [9.17, 15) is 9.59 Å². The number of rotatable bonds is 2. The first-order chi connectivity index (χ1) is 8.11. The van der Waals surface area contributed by atoms with E-state index < -0.39 is 0 Å². The molecule has 0 aromatic heterocycles. The van der Waals surface area contributed by atoms with Crippen molar-refractivity contribution in [3.8, 4) is 0 Å². The van der Waals surface area contributed by atoms with Crippen LogP contribution in [-0.4, -0.2) is 23.7 Å². The lowest BCUT2D eigenvalue weighted by Crippen LogP contribution is -2.42. The van der Waals surface area contributed by atoms with Crippen molar-refractivity contribution in [1.82, 2.24) is 0 Å². The zero-order chi connectivity index (χ0) is 12.4. The zero-order valence-corrected chi connectivity index (χ0v) is 11.1. The van der Waals surface area contributed by atoms with Crippen LogP contribution in [0.5, 0.6) is 0 Å². The number of alkyl halides is 1. The highest BCUT2D eigenvalue weighted by Gasteiger charge is 2.26. The molecule has 2 rings (SSSR count). The Morgan fingerprint density at radius 3 is 3.00 bits per heavy atom. The third kappa shape index (κ3) is 2.49. The Bertz CT molecular complexity index is 474. The van der Waals surface area contributed by atoms with Gasteiger partial charge in [-0.3, -0.25) is 9.59 Å². The molecule has 4 nitrogen and oxygen atoms in total. The van der Waals surface area contributed by atoms with Gasteiger partial charge < -0.3 is 10.2 Å². The molecule has 0 unspecified atom stereocenters. The van der Waals surface area contributed by atoms with E-state index in [2.05, 4.69) is 21.2 Å². The molecule has 1 aliphatic heterocycles. The summed E-state index contributed by atoms with van der Waals surface area (Å²) in [5, 5.41) is 3.37. The lowest BCUT2D eigenvalue weighted by atomic mass is 10.1. The molecule has 1 aromatic carbocycles. The Balaban J connectivity index is 2.39. The lowest BCUT2D eigenvalue weighted by molar-refractivity contribution is -0.121. The van der Waals surface area contributed by atoms with Crippen LogP contribution in [0, 0.1) is 6.92 Å². The van der Waals surface area contributed by atoms with Gasteiger partial charge in [0.2, 0.25) is 11.8 Å². The summed E-state index contributed by atoms with van der Waals surface area (Å²) in [4.78, 5) is 25.0. The maximum atomic E-state index is 11.9. The Morgan fingerprint density at radius 2 is 2.29 bits per heavy atom. The standard InChI is InChI=1S/C12H13BrN2O2/c1-8-2-3-9-10(6-8)15(7-11(16)14-9)12(17)4-5-13/h2-3,6H,4-5,7H2,1H3,(H,14,16). The van der Waals surface area contributed by atoms with E-state index >= 15 is 0 Å². The van der Waals surface area contributed by atoms with E-state index in [0.29, 0.717) is 17.4 Å². The van der Waals surface area contributed by atoms with Crippen molar-refractivity contribution in [2.75, 3.05) is 22.1 Å². The molecule has 0 fully saturated rings. The van der Waals surface area contributed by atoms with Gasteiger partial charge in [-0.25, -0.2) is 0 Å². The highest BCUT2D eigenvalue weighted by molar-refractivity contribution is 9.09. The Labute approximate surface area is 108 Å². The number of nitrogens with zero attached hydrogens (tertiary/aromatic N) is 1. The summed E-state index contributed by atoms with van der Waals surface area (Å²) in [6.45, 7) is 2.06. The van der Waals surface area contributed by atoms with Gasteiger partial charge in [0.25, 0.3) is 0 Å². The number of halogens is 1. The van der Waals surface area contributed by atoms with Crippen molar-refractivity contribution in [1.29, 1.82) is 0 Å². The molecule has 2 amide bonds. The molecular formula is C12H13BrN2O2. The average Bonchev–Trinajstić information content (AvgIpc) is 2.29. The molecule has 1 N–H and O–H groups in total. The molecule has 0 saturated carbocycles. The molecule has 17 heavy (non-hydrogen) atoms. The van der Waals surface area contributed by atoms with Crippen LogP contribution in [0.15, 0.2) is 18.2 Å². The molecule has 0 bridgehead atoms. The first-order valence-corrected chi connectivity index (χ1v) is 6.51. The maximum Gasteiger partial charge on any atom is 0.244 e. The smallest absolute Gasteiger partial charge is 0.244 e. The van der Waals surface area contributed by atoms with Crippen LogP contribution in [0.3, 0.4) is 0 Å². The number of benzene rings is 1. The lowest BCUT2D eigenvalue weighted by Gasteiger charge is -2.29. The van der Waals surface area contributed by atoms with Crippen LogP contribution < -0.4 is 10.2 Å². The number of anilines is 2. The Morgan fingerprint density at radius 1 is 1.53 bits per heavy atom. The summed E-state index contributed by atoms with van der Waals surface area (Å²) in [6, 6.07) is 5.66. The molecule has 1 aromatic rings. The van der Waals surface area contributed by atoms with Crippen LogP contribution in [-0.2, 0) is 9.59 Å². The second kappa shape index (κ2) is 4.87. The summed E-state index contributed by atoms with van der Waals surface area (Å²) < 4.78 is 0. The molecule has 90 valence electrons. The van der Waals surface area contributed by atoms with Crippen LogP contribution in [0.4, 0.5) is 11.4 Å². The van der Waals surface area contributed by atoms with Crippen molar-refractivity contribution in [3.63, 3.8) is 0 Å². The number of hydrogen-bond donors (Lipinski definition) is 1. The van der Waals surface area contributed by atoms with Gasteiger partial charge in [-0.15, -0.1) is 0 Å². The third-order valence-corrected chi connectivity index (χ3v) is 3.03. The van der Waals surface area contributed by atoms with Gasteiger partial charge in [0.15, 0.2) is 0 Å². The number of fused-ring (bicyclic) bond motifs is 1. The van der Waals surface area contributed by atoms with Gasteiger partial charge in [-0.05, 0) is 24.6 Å². The van der Waals surface area contributed by atoms with Gasteiger partial charge in [-0.2, -0.15) is 0 Å². The highest BCUT2D eigenvalue weighted by Crippen LogP contribution is 2.30. The number of carbonyl (C=O) groups is 2. The van der Waals surface area contributed by atoms with Crippen molar-refractivity contribution >= 4 is 39.1 Å². The quantitative estimate of drug-likeness (QED) is 0.850. The van der Waals surface area contributed by atoms with Gasteiger partial charge >= 0.3 is 0 Å². The first kappa shape index (κ1) is 12.1. The van der Waals surface area contributed by atoms with Crippen LogP contribution in [0.25, 0.3) is 0 Å². The summed E-state index contributed by atoms with van der Waals surface area (Å²) in [6.07, 6.45) is 0.390. The van der Waals surface area contributed by atoms with E-state index in [1.165, 1.54) is 0 Å². The summed E-state index contributed by atoms with van der Waals surface area (Å²) in [5.41, 5.74) is 2.56. The Kier molecular flexibility index (Phi) is 3.47. The largest absolute Gasteiger partial charge is 0.323 e. The third-order valence-electron chi connectivity index (χ3n) is 2.63. The number of amides is 2. The average molecular weight is 297 g/mol. The fourth-order valence-electron chi connectivity index (χ4n) is 1.83. The van der Waals surface area contributed by atoms with Gasteiger partial charge in [0.05, 0.1) is 11.4 Å². The minimum absolute atomic E-state index is 0.0384. The molecule has 0 aliphatic carbocycles. The van der Waals surface area contributed by atoms with Crippen molar-refractivity contribution in [2.45, 2.75) is 13.3 Å². The molecule has 1 heterocycles. The fraction of sp³-hybridized carbons (Fsp3) is 0.333. The highest BCUT2D eigenvalue weighted by atomic mass is 79.9. The fourth-order valence-corrected chi connectivity index (χ4v) is 2.17. The molecule has 0 spiro atoms. The van der Waals surface area contributed by atoms with E-state index in [0.717, 1.165) is 11.3 Å². The van der Waals surface area contributed by atoms with E-state index in [4.69, 9.17) is 0 Å². The van der Waals surface area contributed by atoms with Gasteiger partial charge in [0, 0.05) is 11.8 Å². The van der Waals surface area contributed by atoms with Crippen LogP contribution in [0.1, 0.15) is 12.0 Å². The molecule has 0 saturated heterocycles. The molecule has 1 aliphatic rings. The SMILES string of the molecule is Cc1ccc2c(c1)N(C(=O)CCBr)CC(=O)N2. The topological polar surface area (TPSA) is 49.4 Å². The number of carbonyl (C=O) groups excluding carboxylic acids is 2. The van der Waals surface area contributed by atoms with Crippen molar-refractivity contribution in [3.05, 3.63) is 23.8 Å². The molecule has 0 atom stereocenters. The monoisotopic (exact) mass is 296 g/mol. The maximum absolute atomic E-state index is 11.9. The van der Waals surface area contributed by atoms with Crippen LogP contribution in [0.2, 0.25) is 0 Å². The molecule has 5 heteroatoms. The van der Waals surface area contributed by atoms with Gasteiger partial charge in [-0.1, -0.05) is 22.0 Å². The zero-order valence-electron chi connectivity index (χ0n) is 9.50. The van der Waals surface area contributed by atoms with Crippen LogP contribution >= 0.6 is 15.9 Å². The normalized spacial score (nSPS) is 14.2. The predicted molar refractivity (Wildman–Crippen MR) is 70.6 cm³/mol. The molecule has 0 radical (unpaired) electrons. The predicted octanol–water partition coefficient (Wildman–Crippen LogP) is 2.07. The summed E-state index contributed by atoms with van der Waals surface area (Å²) >= 11 is 3.24.